The van der Waals surface area contributed by atoms with Gasteiger partial charge in [-0.05, 0) is 48.7 Å². The fraction of sp³-hybridized carbons (Fsp3) is 0.167. The minimum absolute atomic E-state index is 0.146. The summed E-state index contributed by atoms with van der Waals surface area (Å²) in [5.41, 5.74) is 2.31. The summed E-state index contributed by atoms with van der Waals surface area (Å²) in [6.07, 6.45) is -2.70. The van der Waals surface area contributed by atoms with E-state index < -0.39 is 17.7 Å². The average molecular weight is 440 g/mol. The van der Waals surface area contributed by atoms with E-state index in [0.717, 1.165) is 28.6 Å². The molecule has 0 fully saturated rings. The number of pyridine rings is 1. The Labute approximate surface area is 181 Å². The highest BCUT2D eigenvalue weighted by Gasteiger charge is 2.30. The van der Waals surface area contributed by atoms with Gasteiger partial charge in [0.25, 0.3) is 0 Å². The minimum atomic E-state index is -4.41. The van der Waals surface area contributed by atoms with Crippen molar-refractivity contribution < 1.29 is 27.8 Å². The summed E-state index contributed by atoms with van der Waals surface area (Å²) in [6.45, 7) is 1.84. The van der Waals surface area contributed by atoms with Crippen LogP contribution in [-0.2, 0) is 24.1 Å². The summed E-state index contributed by atoms with van der Waals surface area (Å²) < 4.78 is 46.5. The summed E-state index contributed by atoms with van der Waals surface area (Å²) in [5, 5.41) is 9.95. The Bertz CT molecular complexity index is 1300. The first-order chi connectivity index (χ1) is 15.2. The Morgan fingerprint density at radius 3 is 2.62 bits per heavy atom. The van der Waals surface area contributed by atoms with E-state index in [4.69, 9.17) is 9.84 Å². The molecule has 0 aliphatic rings. The summed E-state index contributed by atoms with van der Waals surface area (Å²) >= 11 is 0. The van der Waals surface area contributed by atoms with Gasteiger partial charge in [0.15, 0.2) is 0 Å². The molecule has 0 radical (unpaired) electrons. The fourth-order valence-corrected chi connectivity index (χ4v) is 3.46. The second-order valence-corrected chi connectivity index (χ2v) is 7.37. The molecule has 4 aromatic rings. The number of fused-ring (bicyclic) bond motifs is 1. The highest BCUT2D eigenvalue weighted by Crippen LogP contribution is 2.32. The number of ether oxygens (including phenoxy) is 1. The van der Waals surface area contributed by atoms with Crippen molar-refractivity contribution in [2.45, 2.75) is 26.3 Å². The third-order valence-electron chi connectivity index (χ3n) is 5.13. The molecule has 32 heavy (non-hydrogen) atoms. The molecule has 0 saturated heterocycles. The van der Waals surface area contributed by atoms with Gasteiger partial charge < -0.3 is 14.4 Å². The summed E-state index contributed by atoms with van der Waals surface area (Å²) in [4.78, 5) is 15.5. The van der Waals surface area contributed by atoms with Gasteiger partial charge in [0, 0.05) is 29.1 Å². The number of carboxylic acids is 1. The monoisotopic (exact) mass is 440 g/mol. The van der Waals surface area contributed by atoms with E-state index in [1.54, 1.807) is 48.0 Å². The third kappa shape index (κ3) is 4.59. The highest BCUT2D eigenvalue weighted by molar-refractivity contribution is 5.83. The first kappa shape index (κ1) is 21.4. The zero-order chi connectivity index (χ0) is 22.9. The number of benzene rings is 2. The van der Waals surface area contributed by atoms with Crippen molar-refractivity contribution in [3.8, 4) is 17.0 Å². The zero-order valence-corrected chi connectivity index (χ0v) is 17.1. The number of aryl methyl sites for hydroxylation is 1. The molecule has 0 aliphatic heterocycles. The number of alkyl halides is 3. The zero-order valence-electron chi connectivity index (χ0n) is 17.1. The van der Waals surface area contributed by atoms with Crippen molar-refractivity contribution in [2.75, 3.05) is 0 Å². The van der Waals surface area contributed by atoms with E-state index in [-0.39, 0.29) is 13.2 Å². The molecule has 0 bridgehead atoms. The van der Waals surface area contributed by atoms with Crippen LogP contribution in [0.25, 0.3) is 22.2 Å². The molecule has 0 saturated carbocycles. The van der Waals surface area contributed by atoms with Gasteiger partial charge in [0.2, 0.25) is 0 Å². The molecule has 0 atom stereocenters. The average Bonchev–Trinajstić information content (AvgIpc) is 3.14. The van der Waals surface area contributed by atoms with Crippen molar-refractivity contribution in [1.82, 2.24) is 9.55 Å². The molecule has 0 amide bonds. The molecular weight excluding hydrogens is 421 g/mol. The molecule has 8 heteroatoms. The number of aromatic nitrogens is 2. The predicted octanol–water partition coefficient (Wildman–Crippen LogP) is 5.69. The maximum Gasteiger partial charge on any atom is 0.416 e. The van der Waals surface area contributed by atoms with Crippen LogP contribution in [0, 0.1) is 6.92 Å². The van der Waals surface area contributed by atoms with Crippen molar-refractivity contribution in [3.63, 3.8) is 0 Å². The summed E-state index contributed by atoms with van der Waals surface area (Å²) in [6, 6.07) is 15.8. The number of aliphatic carboxylic acids is 1. The smallest absolute Gasteiger partial charge is 0.416 e. The topological polar surface area (TPSA) is 64.4 Å². The number of carbonyl (C=O) groups is 1. The number of hydrogen-bond acceptors (Lipinski definition) is 3. The Morgan fingerprint density at radius 1 is 1.09 bits per heavy atom. The van der Waals surface area contributed by atoms with Crippen LogP contribution in [0.3, 0.4) is 0 Å². The molecule has 1 N–H and O–H groups in total. The maximum absolute atomic E-state index is 13.0. The van der Waals surface area contributed by atoms with Crippen LogP contribution in [-0.4, -0.2) is 20.6 Å². The van der Waals surface area contributed by atoms with Gasteiger partial charge in [0.05, 0.1) is 16.8 Å². The predicted molar refractivity (Wildman–Crippen MR) is 113 cm³/mol. The number of rotatable bonds is 6. The lowest BCUT2D eigenvalue weighted by atomic mass is 10.1. The number of hydrogen-bond donors (Lipinski definition) is 1. The molecule has 2 aromatic carbocycles. The van der Waals surface area contributed by atoms with Crippen LogP contribution in [0.4, 0.5) is 13.2 Å². The number of halogens is 3. The largest absolute Gasteiger partial charge is 0.489 e. The van der Waals surface area contributed by atoms with E-state index in [1.807, 2.05) is 12.1 Å². The lowest BCUT2D eigenvalue weighted by molar-refractivity contribution is -0.138. The van der Waals surface area contributed by atoms with Crippen molar-refractivity contribution >= 4 is 16.9 Å². The van der Waals surface area contributed by atoms with Gasteiger partial charge in [-0.15, -0.1) is 0 Å². The van der Waals surface area contributed by atoms with Crippen LogP contribution in [0.2, 0.25) is 0 Å². The number of nitrogens with zero attached hydrogens (tertiary/aromatic N) is 2. The SMILES string of the molecule is Cc1nc(-c2cccc(C(F)(F)F)c2)ccc1COc1ccc2ccn(CC(=O)O)c2c1. The van der Waals surface area contributed by atoms with Crippen molar-refractivity contribution in [2.24, 2.45) is 0 Å². The molecule has 2 aromatic heterocycles. The van der Waals surface area contributed by atoms with Gasteiger partial charge in [-0.3, -0.25) is 9.78 Å². The second kappa shape index (κ2) is 8.37. The molecular formula is C24H19F3N2O3. The molecule has 0 aliphatic carbocycles. The summed E-state index contributed by atoms with van der Waals surface area (Å²) in [5.74, 6) is -0.361. The van der Waals surface area contributed by atoms with E-state index in [2.05, 4.69) is 4.98 Å². The van der Waals surface area contributed by atoms with Gasteiger partial charge in [0.1, 0.15) is 18.9 Å². The minimum Gasteiger partial charge on any atom is -0.489 e. The van der Waals surface area contributed by atoms with Crippen molar-refractivity contribution in [3.05, 3.63) is 83.7 Å². The fourth-order valence-electron chi connectivity index (χ4n) is 3.46. The van der Waals surface area contributed by atoms with Crippen LogP contribution in [0.1, 0.15) is 16.8 Å². The Hall–Kier alpha value is -3.81. The summed E-state index contributed by atoms with van der Waals surface area (Å²) in [7, 11) is 0. The van der Waals surface area contributed by atoms with Gasteiger partial charge in [-0.1, -0.05) is 18.2 Å². The van der Waals surface area contributed by atoms with E-state index >= 15 is 0 Å². The van der Waals surface area contributed by atoms with E-state index in [0.29, 0.717) is 22.7 Å². The normalized spacial score (nSPS) is 11.6. The highest BCUT2D eigenvalue weighted by atomic mass is 19.4. The maximum atomic E-state index is 13.0. The number of carboxylic acid groups (broad SMARTS) is 1. The van der Waals surface area contributed by atoms with Crippen LogP contribution < -0.4 is 4.74 Å². The standard InChI is InChI=1S/C24H19F3N2O3/c1-15-18(6-8-21(28-15)17-3-2-4-19(11-17)24(25,26)27)14-32-20-7-5-16-9-10-29(13-23(30)31)22(16)12-20/h2-12H,13-14H2,1H3,(H,30,31). The van der Waals surface area contributed by atoms with Gasteiger partial charge >= 0.3 is 12.1 Å². The van der Waals surface area contributed by atoms with Gasteiger partial charge in [-0.25, -0.2) is 0 Å². The van der Waals surface area contributed by atoms with Crippen LogP contribution >= 0.6 is 0 Å². The van der Waals surface area contributed by atoms with Crippen LogP contribution in [0.15, 0.2) is 66.9 Å². The Morgan fingerprint density at radius 2 is 1.91 bits per heavy atom. The lowest BCUT2D eigenvalue weighted by Gasteiger charge is -2.12. The van der Waals surface area contributed by atoms with Crippen molar-refractivity contribution in [1.29, 1.82) is 0 Å². The quantitative estimate of drug-likeness (QED) is 0.418. The lowest BCUT2D eigenvalue weighted by Crippen LogP contribution is -2.07. The first-order valence-corrected chi connectivity index (χ1v) is 9.78. The molecule has 2 heterocycles. The second-order valence-electron chi connectivity index (χ2n) is 7.37. The third-order valence-corrected chi connectivity index (χ3v) is 5.13. The molecule has 4 rings (SSSR count). The molecule has 164 valence electrons. The van der Waals surface area contributed by atoms with E-state index in [9.17, 15) is 18.0 Å². The molecule has 0 spiro atoms. The van der Waals surface area contributed by atoms with E-state index in [1.165, 1.54) is 6.07 Å². The van der Waals surface area contributed by atoms with Gasteiger partial charge in [-0.2, -0.15) is 13.2 Å². The Kier molecular flexibility index (Phi) is 5.61. The first-order valence-electron chi connectivity index (χ1n) is 9.78. The molecule has 5 nitrogen and oxygen atoms in total. The Balaban J connectivity index is 1.52. The molecule has 0 unspecified atom stereocenters. The van der Waals surface area contributed by atoms with Crippen LogP contribution in [0.5, 0.6) is 5.75 Å².